The summed E-state index contributed by atoms with van der Waals surface area (Å²) in [5.41, 5.74) is 2.57. The number of aromatic nitrogens is 3. The van der Waals surface area contributed by atoms with Crippen LogP contribution in [-0.2, 0) is 24.2 Å². The van der Waals surface area contributed by atoms with Crippen LogP contribution in [0.25, 0.3) is 0 Å². The average molecular weight is 300 g/mol. The molecule has 0 N–H and O–H groups in total. The largest absolute Gasteiger partial charge is 0.380 e. The lowest BCUT2D eigenvalue weighted by molar-refractivity contribution is 0.137. The molecule has 118 valence electrons. The lowest BCUT2D eigenvalue weighted by Crippen LogP contribution is -2.37. The van der Waals surface area contributed by atoms with Gasteiger partial charge in [-0.3, -0.25) is 4.90 Å². The molecule has 0 saturated carbocycles. The van der Waals surface area contributed by atoms with E-state index in [9.17, 15) is 0 Å². The Morgan fingerprint density at radius 2 is 2.18 bits per heavy atom. The summed E-state index contributed by atoms with van der Waals surface area (Å²) < 4.78 is 7.56. The van der Waals surface area contributed by atoms with Crippen LogP contribution in [0, 0.1) is 0 Å². The fourth-order valence-electron chi connectivity index (χ4n) is 2.99. The Morgan fingerprint density at radius 3 is 2.91 bits per heavy atom. The highest BCUT2D eigenvalue weighted by Gasteiger charge is 2.24. The Morgan fingerprint density at radius 1 is 1.32 bits per heavy atom. The van der Waals surface area contributed by atoms with Crippen LogP contribution in [0.1, 0.15) is 24.6 Å². The molecule has 1 atom stereocenters. The summed E-state index contributed by atoms with van der Waals surface area (Å²) in [5.74, 6) is 0. The van der Waals surface area contributed by atoms with Gasteiger partial charge < -0.3 is 4.74 Å². The third-order valence-corrected chi connectivity index (χ3v) is 4.32. The molecule has 0 radical (unpaired) electrons. The summed E-state index contributed by atoms with van der Waals surface area (Å²) in [6, 6.07) is 11.2. The molecule has 1 aromatic carbocycles. The van der Waals surface area contributed by atoms with Gasteiger partial charge in [0.05, 0.1) is 18.5 Å². The topological polar surface area (TPSA) is 43.2 Å². The first-order valence-electron chi connectivity index (χ1n) is 8.10. The van der Waals surface area contributed by atoms with Crippen molar-refractivity contribution in [1.29, 1.82) is 0 Å². The van der Waals surface area contributed by atoms with Gasteiger partial charge in [-0.05, 0) is 25.3 Å². The summed E-state index contributed by atoms with van der Waals surface area (Å²) >= 11 is 0. The van der Waals surface area contributed by atoms with Crippen molar-refractivity contribution in [3.63, 3.8) is 0 Å². The van der Waals surface area contributed by atoms with E-state index in [0.717, 1.165) is 45.7 Å². The van der Waals surface area contributed by atoms with Gasteiger partial charge in [-0.15, -0.1) is 5.10 Å². The van der Waals surface area contributed by atoms with Crippen LogP contribution in [0.2, 0.25) is 0 Å². The molecular formula is C17H24N4O. The zero-order valence-electron chi connectivity index (χ0n) is 13.2. The molecule has 1 fully saturated rings. The number of hydrogen-bond donors (Lipinski definition) is 0. The molecule has 22 heavy (non-hydrogen) atoms. The van der Waals surface area contributed by atoms with Crippen molar-refractivity contribution in [2.45, 2.75) is 38.9 Å². The molecule has 1 aromatic heterocycles. The third-order valence-electron chi connectivity index (χ3n) is 4.32. The summed E-state index contributed by atoms with van der Waals surface area (Å²) in [7, 11) is 0. The summed E-state index contributed by atoms with van der Waals surface area (Å²) in [6.07, 6.45) is 4.06. The number of hydrogen-bond acceptors (Lipinski definition) is 4. The van der Waals surface area contributed by atoms with Crippen molar-refractivity contribution in [2.24, 2.45) is 0 Å². The van der Waals surface area contributed by atoms with Gasteiger partial charge in [0.15, 0.2) is 0 Å². The summed E-state index contributed by atoms with van der Waals surface area (Å²) in [4.78, 5) is 2.52. The molecule has 0 spiro atoms. The van der Waals surface area contributed by atoms with Crippen LogP contribution >= 0.6 is 0 Å². The smallest absolute Gasteiger partial charge is 0.0738 e. The molecule has 0 amide bonds. The summed E-state index contributed by atoms with van der Waals surface area (Å²) in [6.45, 7) is 6.60. The lowest BCUT2D eigenvalue weighted by Gasteiger charge is -2.27. The second-order valence-electron chi connectivity index (χ2n) is 5.76. The maximum absolute atomic E-state index is 5.59. The van der Waals surface area contributed by atoms with E-state index in [4.69, 9.17) is 4.74 Å². The third kappa shape index (κ3) is 3.72. The summed E-state index contributed by atoms with van der Waals surface area (Å²) in [5, 5.41) is 8.19. The Bertz CT molecular complexity index is 563. The molecule has 3 rings (SSSR count). The maximum atomic E-state index is 5.59. The Hall–Kier alpha value is -1.72. The monoisotopic (exact) mass is 300 g/mol. The predicted molar refractivity (Wildman–Crippen MR) is 85.5 cm³/mol. The van der Waals surface area contributed by atoms with Crippen molar-refractivity contribution >= 4 is 0 Å². The van der Waals surface area contributed by atoms with E-state index in [1.165, 1.54) is 11.3 Å². The lowest BCUT2D eigenvalue weighted by atomic mass is 10.1. The van der Waals surface area contributed by atoms with Crippen LogP contribution in [0.3, 0.4) is 0 Å². The molecule has 1 aliphatic rings. The van der Waals surface area contributed by atoms with Crippen molar-refractivity contribution in [3.05, 3.63) is 47.8 Å². The second kappa shape index (κ2) is 7.51. The second-order valence-corrected chi connectivity index (χ2v) is 5.76. The average Bonchev–Trinajstić information content (AvgIpc) is 3.23. The first kappa shape index (κ1) is 15.2. The van der Waals surface area contributed by atoms with Crippen molar-refractivity contribution < 1.29 is 4.74 Å². The van der Waals surface area contributed by atoms with E-state index in [1.807, 2.05) is 10.9 Å². The highest BCUT2D eigenvalue weighted by Crippen LogP contribution is 2.16. The fraction of sp³-hybridized carbons (Fsp3) is 0.529. The number of benzene rings is 1. The minimum atomic E-state index is 0.504. The normalized spacial score (nSPS) is 18.2. The van der Waals surface area contributed by atoms with E-state index >= 15 is 0 Å². The SMILES string of the molecule is CCn1nncc1CN(CCc1ccccc1)C1CCOC1. The van der Waals surface area contributed by atoms with E-state index < -0.39 is 0 Å². The highest BCUT2D eigenvalue weighted by atomic mass is 16.5. The van der Waals surface area contributed by atoms with Gasteiger partial charge in [0.25, 0.3) is 0 Å². The van der Waals surface area contributed by atoms with Gasteiger partial charge in [0.1, 0.15) is 0 Å². The fourth-order valence-corrected chi connectivity index (χ4v) is 2.99. The van der Waals surface area contributed by atoms with E-state index in [-0.39, 0.29) is 0 Å². The van der Waals surface area contributed by atoms with Gasteiger partial charge in [-0.25, -0.2) is 4.68 Å². The molecule has 5 nitrogen and oxygen atoms in total. The first-order chi connectivity index (χ1) is 10.9. The number of nitrogens with zero attached hydrogens (tertiary/aromatic N) is 4. The van der Waals surface area contributed by atoms with Crippen molar-refractivity contribution in [3.8, 4) is 0 Å². The van der Waals surface area contributed by atoms with Crippen LogP contribution < -0.4 is 0 Å². The molecule has 1 unspecified atom stereocenters. The minimum absolute atomic E-state index is 0.504. The maximum Gasteiger partial charge on any atom is 0.0738 e. The zero-order chi connectivity index (χ0) is 15.2. The van der Waals surface area contributed by atoms with Gasteiger partial charge >= 0.3 is 0 Å². The van der Waals surface area contributed by atoms with Crippen LogP contribution in [0.4, 0.5) is 0 Å². The Labute approximate surface area is 131 Å². The van der Waals surface area contributed by atoms with Crippen molar-refractivity contribution in [1.82, 2.24) is 19.9 Å². The molecule has 5 heteroatoms. The highest BCUT2D eigenvalue weighted by molar-refractivity contribution is 5.15. The van der Waals surface area contributed by atoms with Crippen molar-refractivity contribution in [2.75, 3.05) is 19.8 Å². The van der Waals surface area contributed by atoms with E-state index in [2.05, 4.69) is 52.5 Å². The van der Waals surface area contributed by atoms with Gasteiger partial charge in [0.2, 0.25) is 0 Å². The molecule has 1 aliphatic heterocycles. The molecule has 0 bridgehead atoms. The number of rotatable bonds is 7. The van der Waals surface area contributed by atoms with Crippen LogP contribution in [0.15, 0.2) is 36.5 Å². The molecule has 0 aliphatic carbocycles. The number of aryl methyl sites for hydroxylation is 1. The first-order valence-corrected chi connectivity index (χ1v) is 8.10. The molecule has 1 saturated heterocycles. The Balaban J connectivity index is 1.67. The number of ether oxygens (including phenoxy) is 1. The zero-order valence-corrected chi connectivity index (χ0v) is 13.2. The van der Waals surface area contributed by atoms with E-state index in [0.29, 0.717) is 6.04 Å². The van der Waals surface area contributed by atoms with E-state index in [1.54, 1.807) is 0 Å². The molecular weight excluding hydrogens is 276 g/mol. The minimum Gasteiger partial charge on any atom is -0.380 e. The predicted octanol–water partition coefficient (Wildman–Crippen LogP) is 2.13. The standard InChI is InChI=1S/C17H24N4O/c1-2-21-17(12-18-19-21)13-20(16-9-11-22-14-16)10-8-15-6-4-3-5-7-15/h3-7,12,16H,2,8-11,13-14H2,1H3. The van der Waals surface area contributed by atoms with Gasteiger partial charge in [0, 0.05) is 32.3 Å². The van der Waals surface area contributed by atoms with Gasteiger partial charge in [-0.1, -0.05) is 35.5 Å². The Kier molecular flexibility index (Phi) is 5.19. The molecule has 2 heterocycles. The molecule has 2 aromatic rings. The van der Waals surface area contributed by atoms with Crippen LogP contribution in [-0.4, -0.2) is 45.7 Å². The van der Waals surface area contributed by atoms with Crippen LogP contribution in [0.5, 0.6) is 0 Å². The quantitative estimate of drug-likeness (QED) is 0.786. The van der Waals surface area contributed by atoms with Gasteiger partial charge in [-0.2, -0.15) is 0 Å².